The summed E-state index contributed by atoms with van der Waals surface area (Å²) in [6.07, 6.45) is 4.47. The Kier molecular flexibility index (Phi) is 7.61. The zero-order valence-electron chi connectivity index (χ0n) is 17.4. The van der Waals surface area contributed by atoms with Crippen LogP contribution in [0, 0.1) is 11.8 Å². The Hall–Kier alpha value is -1.41. The molecule has 168 valence electrons. The number of aliphatic hydroxyl groups is 1. The Balaban J connectivity index is 1.81. The highest BCUT2D eigenvalue weighted by atomic mass is 32.2. The minimum absolute atomic E-state index is 0.000511. The molecule has 3 rings (SSSR count). The van der Waals surface area contributed by atoms with Gasteiger partial charge >= 0.3 is 6.18 Å². The number of nitrogens with one attached hydrogen (secondary N) is 1. The number of aliphatic hydroxyl groups excluding tert-OH is 1. The van der Waals surface area contributed by atoms with Crippen molar-refractivity contribution in [2.75, 3.05) is 13.4 Å². The Bertz CT molecular complexity index is 731. The van der Waals surface area contributed by atoms with Crippen molar-refractivity contribution in [3.05, 3.63) is 23.3 Å². The Labute approximate surface area is 179 Å². The van der Waals surface area contributed by atoms with Crippen molar-refractivity contribution in [1.29, 1.82) is 0 Å². The molecular weight excluding hydrogens is 415 g/mol. The number of methoxy groups -OCH3 is 1. The minimum Gasteiger partial charge on any atom is -0.496 e. The summed E-state index contributed by atoms with van der Waals surface area (Å²) in [5.74, 6) is 0.371. The molecule has 0 heterocycles. The molecule has 1 aromatic carbocycles. The molecule has 0 radical (unpaired) electrons. The minimum atomic E-state index is -4.51. The first-order chi connectivity index (χ1) is 14.2. The number of carbonyl (C=O) groups is 1. The maximum atomic E-state index is 13.2. The Morgan fingerprint density at radius 2 is 1.87 bits per heavy atom. The van der Waals surface area contributed by atoms with E-state index in [1.54, 1.807) is 6.26 Å². The number of hydrogen-bond donors (Lipinski definition) is 2. The molecule has 1 aromatic rings. The molecule has 30 heavy (non-hydrogen) atoms. The summed E-state index contributed by atoms with van der Waals surface area (Å²) < 4.78 is 44.8. The van der Waals surface area contributed by atoms with Crippen LogP contribution >= 0.6 is 11.8 Å². The zero-order valence-corrected chi connectivity index (χ0v) is 18.2. The van der Waals surface area contributed by atoms with Gasteiger partial charge in [0, 0.05) is 10.9 Å². The fourth-order valence-corrected chi connectivity index (χ4v) is 5.65. The van der Waals surface area contributed by atoms with E-state index in [4.69, 9.17) is 4.74 Å². The van der Waals surface area contributed by atoms with E-state index in [1.165, 1.54) is 7.11 Å². The summed E-state index contributed by atoms with van der Waals surface area (Å²) in [6, 6.07) is 1.91. The average molecular weight is 446 g/mol. The molecule has 0 bridgehead atoms. The lowest BCUT2D eigenvalue weighted by molar-refractivity contribution is -0.137. The van der Waals surface area contributed by atoms with E-state index >= 15 is 0 Å². The molecule has 4 unspecified atom stereocenters. The van der Waals surface area contributed by atoms with Crippen molar-refractivity contribution in [2.45, 2.75) is 74.6 Å². The van der Waals surface area contributed by atoms with E-state index in [2.05, 4.69) is 5.32 Å². The van der Waals surface area contributed by atoms with Gasteiger partial charge in [0.05, 0.1) is 24.3 Å². The number of rotatable bonds is 5. The molecule has 2 aliphatic carbocycles. The fraction of sp³-hybridized carbons (Fsp3) is 0.682. The molecule has 2 aliphatic rings. The van der Waals surface area contributed by atoms with Crippen LogP contribution in [0.25, 0.3) is 0 Å². The second-order valence-corrected chi connectivity index (χ2v) is 9.20. The monoisotopic (exact) mass is 445 g/mol. The second kappa shape index (κ2) is 9.81. The standard InChI is InChI=1S/C22H30F3NO3S/c1-29-18-11-14(22(23,24)25)12-19(30-2)20(18)21(28)26-17-8-4-7-16(17)13-5-3-6-15(27)10-9-13/h11-13,15-17,27H,3-10H2,1-2H3,(H,26,28). The van der Waals surface area contributed by atoms with Gasteiger partial charge in [0.25, 0.3) is 5.91 Å². The van der Waals surface area contributed by atoms with Crippen LogP contribution < -0.4 is 10.1 Å². The van der Waals surface area contributed by atoms with E-state index in [-0.39, 0.29) is 34.3 Å². The van der Waals surface area contributed by atoms with Crippen LogP contribution in [-0.4, -0.2) is 36.5 Å². The number of hydrogen-bond acceptors (Lipinski definition) is 4. The molecule has 8 heteroatoms. The highest BCUT2D eigenvalue weighted by Gasteiger charge is 2.37. The molecule has 0 spiro atoms. The Morgan fingerprint density at radius 3 is 2.53 bits per heavy atom. The van der Waals surface area contributed by atoms with Crippen LogP contribution in [0.2, 0.25) is 0 Å². The predicted molar refractivity (Wildman–Crippen MR) is 111 cm³/mol. The number of ether oxygens (including phenoxy) is 1. The number of amides is 1. The summed E-state index contributed by atoms with van der Waals surface area (Å²) in [7, 11) is 1.28. The highest BCUT2D eigenvalue weighted by molar-refractivity contribution is 7.98. The third-order valence-corrected chi connectivity index (χ3v) is 7.30. The summed E-state index contributed by atoms with van der Waals surface area (Å²) in [5, 5.41) is 13.0. The van der Waals surface area contributed by atoms with Gasteiger partial charge in [-0.3, -0.25) is 4.79 Å². The number of carbonyl (C=O) groups excluding carboxylic acids is 1. The molecule has 1 amide bonds. The van der Waals surface area contributed by atoms with Crippen molar-refractivity contribution >= 4 is 17.7 Å². The average Bonchev–Trinajstić information content (AvgIpc) is 3.05. The maximum absolute atomic E-state index is 13.2. The Morgan fingerprint density at radius 1 is 1.13 bits per heavy atom. The van der Waals surface area contributed by atoms with E-state index in [0.29, 0.717) is 11.8 Å². The molecule has 2 N–H and O–H groups in total. The number of alkyl halides is 3. The summed E-state index contributed by atoms with van der Waals surface area (Å²) in [4.78, 5) is 13.4. The number of halogens is 3. The fourth-order valence-electron chi connectivity index (χ4n) is 5.01. The smallest absolute Gasteiger partial charge is 0.416 e. The van der Waals surface area contributed by atoms with Crippen LogP contribution in [0.5, 0.6) is 5.75 Å². The van der Waals surface area contributed by atoms with E-state index in [9.17, 15) is 23.1 Å². The predicted octanol–water partition coefficient (Wildman–Crippen LogP) is 5.28. The molecule has 2 saturated carbocycles. The van der Waals surface area contributed by atoms with Crippen molar-refractivity contribution in [2.24, 2.45) is 11.8 Å². The van der Waals surface area contributed by atoms with Gasteiger partial charge in [-0.15, -0.1) is 11.8 Å². The van der Waals surface area contributed by atoms with Gasteiger partial charge in [-0.05, 0) is 62.3 Å². The van der Waals surface area contributed by atoms with Crippen LogP contribution in [-0.2, 0) is 6.18 Å². The molecule has 2 fully saturated rings. The summed E-state index contributed by atoms with van der Waals surface area (Å²) >= 11 is 1.10. The number of thioether (sulfide) groups is 1. The molecule has 0 aliphatic heterocycles. The molecule has 0 aromatic heterocycles. The lowest BCUT2D eigenvalue weighted by Crippen LogP contribution is -2.40. The third-order valence-electron chi connectivity index (χ3n) is 6.53. The molecular formula is C22H30F3NO3S. The van der Waals surface area contributed by atoms with E-state index < -0.39 is 11.7 Å². The normalized spacial score (nSPS) is 27.5. The maximum Gasteiger partial charge on any atom is 0.416 e. The molecule has 4 atom stereocenters. The first-order valence-corrected chi connectivity index (χ1v) is 11.8. The van der Waals surface area contributed by atoms with Crippen molar-refractivity contribution in [1.82, 2.24) is 5.32 Å². The van der Waals surface area contributed by atoms with Gasteiger partial charge in [-0.1, -0.05) is 19.3 Å². The quantitative estimate of drug-likeness (QED) is 0.479. The first-order valence-electron chi connectivity index (χ1n) is 10.6. The van der Waals surface area contributed by atoms with Crippen LogP contribution in [0.1, 0.15) is 67.3 Å². The second-order valence-electron chi connectivity index (χ2n) is 8.35. The van der Waals surface area contributed by atoms with Crippen molar-refractivity contribution < 1.29 is 27.8 Å². The van der Waals surface area contributed by atoms with Gasteiger partial charge in [0.1, 0.15) is 5.75 Å². The van der Waals surface area contributed by atoms with Crippen LogP contribution in [0.4, 0.5) is 13.2 Å². The van der Waals surface area contributed by atoms with E-state index in [1.807, 2.05) is 0 Å². The SMILES string of the molecule is COc1cc(C(F)(F)F)cc(SC)c1C(=O)NC1CCCC1C1CCCC(O)CC1. The third kappa shape index (κ3) is 5.25. The van der Waals surface area contributed by atoms with Gasteiger partial charge in [-0.25, -0.2) is 0 Å². The summed E-state index contributed by atoms with van der Waals surface area (Å²) in [5.41, 5.74) is -0.657. The first kappa shape index (κ1) is 23.3. The van der Waals surface area contributed by atoms with Gasteiger partial charge in [0.2, 0.25) is 0 Å². The van der Waals surface area contributed by atoms with Gasteiger partial charge < -0.3 is 15.2 Å². The lowest BCUT2D eigenvalue weighted by Gasteiger charge is -2.29. The zero-order chi connectivity index (χ0) is 21.9. The van der Waals surface area contributed by atoms with Gasteiger partial charge in [0.15, 0.2) is 0 Å². The van der Waals surface area contributed by atoms with Crippen molar-refractivity contribution in [3.63, 3.8) is 0 Å². The highest BCUT2D eigenvalue weighted by Crippen LogP contribution is 2.41. The van der Waals surface area contributed by atoms with Gasteiger partial charge in [-0.2, -0.15) is 13.2 Å². The summed E-state index contributed by atoms with van der Waals surface area (Å²) in [6.45, 7) is 0. The molecule has 0 saturated heterocycles. The topological polar surface area (TPSA) is 58.6 Å². The largest absolute Gasteiger partial charge is 0.496 e. The van der Waals surface area contributed by atoms with Crippen LogP contribution in [0.15, 0.2) is 17.0 Å². The van der Waals surface area contributed by atoms with Crippen LogP contribution in [0.3, 0.4) is 0 Å². The lowest BCUT2D eigenvalue weighted by atomic mass is 9.82. The number of benzene rings is 1. The van der Waals surface area contributed by atoms with Crippen molar-refractivity contribution in [3.8, 4) is 5.75 Å². The van der Waals surface area contributed by atoms with E-state index in [0.717, 1.165) is 75.3 Å². The molecule has 4 nitrogen and oxygen atoms in total.